The average Bonchev–Trinajstić information content (AvgIpc) is 2.29. The molecule has 1 aliphatic rings. The first kappa shape index (κ1) is 12.2. The molecule has 0 amide bonds. The van der Waals surface area contributed by atoms with Crippen molar-refractivity contribution in [2.45, 2.75) is 6.18 Å². The molecule has 6 heteroatoms. The predicted molar refractivity (Wildman–Crippen MR) is 59.4 cm³/mol. The number of hydrogen-bond acceptors (Lipinski definition) is 3. The molecule has 1 aromatic carbocycles. The van der Waals surface area contributed by atoms with E-state index in [0.29, 0.717) is 0 Å². The van der Waals surface area contributed by atoms with Crippen LogP contribution in [0.25, 0.3) is 0 Å². The first-order valence-corrected chi connectivity index (χ1v) is 5.39. The van der Waals surface area contributed by atoms with Crippen molar-refractivity contribution in [3.8, 4) is 0 Å². The first-order valence-electron chi connectivity index (χ1n) is 5.39. The molecule has 1 heterocycles. The predicted octanol–water partition coefficient (Wildman–Crippen LogP) is 1.70. The number of anilines is 1. The van der Waals surface area contributed by atoms with E-state index in [2.05, 4.69) is 0 Å². The third-order valence-electron chi connectivity index (χ3n) is 2.87. The fraction of sp³-hybridized carbons (Fsp3) is 0.455. The first-order chi connectivity index (χ1) is 7.97. The van der Waals surface area contributed by atoms with Crippen LogP contribution in [0.15, 0.2) is 24.3 Å². The molecule has 17 heavy (non-hydrogen) atoms. The number of alkyl halides is 3. The summed E-state index contributed by atoms with van der Waals surface area (Å²) in [6, 6.07) is 5.25. The monoisotopic (exact) mass is 245 g/mol. The highest BCUT2D eigenvalue weighted by atomic mass is 19.4. The molecule has 0 atom stereocenters. The summed E-state index contributed by atoms with van der Waals surface area (Å²) in [6.07, 6.45) is -4.27. The van der Waals surface area contributed by atoms with Crippen LogP contribution in [0.2, 0.25) is 0 Å². The van der Waals surface area contributed by atoms with Gasteiger partial charge in [0.2, 0.25) is 0 Å². The Bertz CT molecular complexity index is 367. The van der Waals surface area contributed by atoms with E-state index in [-0.39, 0.29) is 0 Å². The van der Waals surface area contributed by atoms with Gasteiger partial charge in [-0.05, 0) is 24.3 Å². The van der Waals surface area contributed by atoms with Crippen molar-refractivity contribution >= 4 is 5.69 Å². The number of nitrogens with two attached hydrogens (primary N) is 1. The molecule has 3 nitrogen and oxygen atoms in total. The molecule has 0 spiro atoms. The maximum absolute atomic E-state index is 12.4. The lowest BCUT2D eigenvalue weighted by molar-refractivity contribution is -0.137. The average molecular weight is 245 g/mol. The molecule has 0 saturated carbocycles. The van der Waals surface area contributed by atoms with Crippen LogP contribution >= 0.6 is 0 Å². The zero-order valence-corrected chi connectivity index (χ0v) is 9.24. The smallest absolute Gasteiger partial charge is 0.369 e. The van der Waals surface area contributed by atoms with Gasteiger partial charge in [-0.3, -0.25) is 5.84 Å². The van der Waals surface area contributed by atoms with Gasteiger partial charge >= 0.3 is 6.18 Å². The van der Waals surface area contributed by atoms with Crippen molar-refractivity contribution in [2.24, 2.45) is 5.84 Å². The van der Waals surface area contributed by atoms with Crippen LogP contribution in [0, 0.1) is 0 Å². The number of nitrogens with zero attached hydrogens (tertiary/aromatic N) is 2. The highest BCUT2D eigenvalue weighted by molar-refractivity contribution is 5.48. The summed E-state index contributed by atoms with van der Waals surface area (Å²) in [4.78, 5) is 2.03. The van der Waals surface area contributed by atoms with Crippen LogP contribution in [0.1, 0.15) is 5.56 Å². The lowest BCUT2D eigenvalue weighted by Gasteiger charge is -2.33. The zero-order chi connectivity index (χ0) is 12.5. The fourth-order valence-electron chi connectivity index (χ4n) is 1.84. The van der Waals surface area contributed by atoms with Crippen LogP contribution in [-0.4, -0.2) is 31.2 Å². The van der Waals surface area contributed by atoms with Gasteiger partial charge in [-0.15, -0.1) is 0 Å². The molecule has 1 aliphatic heterocycles. The van der Waals surface area contributed by atoms with E-state index >= 15 is 0 Å². The summed E-state index contributed by atoms with van der Waals surface area (Å²) in [7, 11) is 0. The van der Waals surface area contributed by atoms with Gasteiger partial charge in [-0.1, -0.05) is 0 Å². The quantitative estimate of drug-likeness (QED) is 0.764. The number of benzene rings is 1. The Morgan fingerprint density at radius 2 is 1.47 bits per heavy atom. The van der Waals surface area contributed by atoms with Crippen molar-refractivity contribution in [2.75, 3.05) is 31.1 Å². The summed E-state index contributed by atoms with van der Waals surface area (Å²) in [5.74, 6) is 5.61. The Balaban J connectivity index is 2.08. The summed E-state index contributed by atoms with van der Waals surface area (Å²) in [6.45, 7) is 2.92. The zero-order valence-electron chi connectivity index (χ0n) is 9.24. The molecule has 0 radical (unpaired) electrons. The molecule has 0 bridgehead atoms. The number of hydrazine groups is 1. The second-order valence-corrected chi connectivity index (χ2v) is 4.07. The topological polar surface area (TPSA) is 32.5 Å². The van der Waals surface area contributed by atoms with Crippen molar-refractivity contribution < 1.29 is 13.2 Å². The van der Waals surface area contributed by atoms with E-state index in [1.807, 2.05) is 4.90 Å². The van der Waals surface area contributed by atoms with E-state index in [1.54, 1.807) is 5.01 Å². The Hall–Kier alpha value is -1.27. The minimum absolute atomic E-state index is 0.612. The molecule has 0 aromatic heterocycles. The molecule has 0 unspecified atom stereocenters. The Kier molecular flexibility index (Phi) is 3.26. The Morgan fingerprint density at radius 3 is 1.94 bits per heavy atom. The largest absolute Gasteiger partial charge is 0.416 e. The van der Waals surface area contributed by atoms with Crippen molar-refractivity contribution in [3.63, 3.8) is 0 Å². The third kappa shape index (κ3) is 2.89. The highest BCUT2D eigenvalue weighted by Gasteiger charge is 2.30. The molecule has 1 saturated heterocycles. The Labute approximate surface area is 97.6 Å². The molecule has 1 fully saturated rings. The van der Waals surface area contributed by atoms with Crippen LogP contribution in [0.3, 0.4) is 0 Å². The minimum atomic E-state index is -4.27. The molecule has 2 rings (SSSR count). The lowest BCUT2D eigenvalue weighted by Crippen LogP contribution is -2.49. The van der Waals surface area contributed by atoms with Gasteiger partial charge in [-0.25, -0.2) is 5.01 Å². The van der Waals surface area contributed by atoms with Gasteiger partial charge in [0, 0.05) is 31.9 Å². The number of halogens is 3. The number of rotatable bonds is 1. The van der Waals surface area contributed by atoms with Crippen LogP contribution in [-0.2, 0) is 6.18 Å². The standard InChI is InChI=1S/C11H14F3N3/c12-11(13,14)9-1-3-10(4-2-9)16-5-7-17(15)8-6-16/h1-4H,5-8,15H2. The Morgan fingerprint density at radius 1 is 0.941 bits per heavy atom. The van der Waals surface area contributed by atoms with Gasteiger partial charge in [-0.2, -0.15) is 13.2 Å². The van der Waals surface area contributed by atoms with Crippen LogP contribution in [0.4, 0.5) is 18.9 Å². The van der Waals surface area contributed by atoms with E-state index in [0.717, 1.165) is 44.0 Å². The van der Waals surface area contributed by atoms with Crippen molar-refractivity contribution in [1.29, 1.82) is 0 Å². The summed E-state index contributed by atoms with van der Waals surface area (Å²) < 4.78 is 37.1. The second-order valence-electron chi connectivity index (χ2n) is 4.07. The molecule has 1 aromatic rings. The summed E-state index contributed by atoms with van der Waals surface area (Å²) >= 11 is 0. The second kappa shape index (κ2) is 4.54. The molecule has 2 N–H and O–H groups in total. The molecular weight excluding hydrogens is 231 g/mol. The van der Waals surface area contributed by atoms with Gasteiger partial charge in [0.1, 0.15) is 0 Å². The number of piperazine rings is 1. The lowest BCUT2D eigenvalue weighted by atomic mass is 10.2. The van der Waals surface area contributed by atoms with Gasteiger partial charge < -0.3 is 4.90 Å². The number of hydrogen-bond donors (Lipinski definition) is 1. The summed E-state index contributed by atoms with van der Waals surface area (Å²) in [5.41, 5.74) is 0.199. The maximum Gasteiger partial charge on any atom is 0.416 e. The van der Waals surface area contributed by atoms with E-state index in [1.165, 1.54) is 12.1 Å². The van der Waals surface area contributed by atoms with Crippen LogP contribution < -0.4 is 10.7 Å². The fourth-order valence-corrected chi connectivity index (χ4v) is 1.84. The van der Waals surface area contributed by atoms with Gasteiger partial charge in [0.05, 0.1) is 5.56 Å². The van der Waals surface area contributed by atoms with Crippen molar-refractivity contribution in [3.05, 3.63) is 29.8 Å². The van der Waals surface area contributed by atoms with Gasteiger partial charge in [0.25, 0.3) is 0 Å². The maximum atomic E-state index is 12.4. The van der Waals surface area contributed by atoms with Crippen LogP contribution in [0.5, 0.6) is 0 Å². The van der Waals surface area contributed by atoms with E-state index in [9.17, 15) is 13.2 Å². The van der Waals surface area contributed by atoms with Crippen molar-refractivity contribution in [1.82, 2.24) is 5.01 Å². The third-order valence-corrected chi connectivity index (χ3v) is 2.87. The summed E-state index contributed by atoms with van der Waals surface area (Å²) in [5, 5.41) is 1.71. The SMILES string of the molecule is NN1CCN(c2ccc(C(F)(F)F)cc2)CC1. The minimum Gasteiger partial charge on any atom is -0.369 e. The molecular formula is C11H14F3N3. The van der Waals surface area contributed by atoms with Gasteiger partial charge in [0.15, 0.2) is 0 Å². The molecule has 0 aliphatic carbocycles. The normalized spacial score (nSPS) is 18.5. The van der Waals surface area contributed by atoms with E-state index in [4.69, 9.17) is 5.84 Å². The molecule has 94 valence electrons. The highest BCUT2D eigenvalue weighted by Crippen LogP contribution is 2.30. The van der Waals surface area contributed by atoms with E-state index < -0.39 is 11.7 Å².